The number of nitrogens with one attached hydrogen (secondary N) is 1. The Morgan fingerprint density at radius 2 is 1.59 bits per heavy atom. The van der Waals surface area contributed by atoms with Gasteiger partial charge in [0.1, 0.15) is 12.1 Å². The van der Waals surface area contributed by atoms with Gasteiger partial charge in [0, 0.05) is 6.20 Å². The average molecular weight is 459 g/mol. The van der Waals surface area contributed by atoms with E-state index in [4.69, 9.17) is 0 Å². The molecule has 0 radical (unpaired) electrons. The van der Waals surface area contributed by atoms with Crippen LogP contribution in [0.2, 0.25) is 0 Å². The van der Waals surface area contributed by atoms with Crippen molar-refractivity contribution in [3.8, 4) is 16.9 Å². The van der Waals surface area contributed by atoms with Crippen LogP contribution in [0.4, 0.5) is 19.1 Å². The van der Waals surface area contributed by atoms with Crippen molar-refractivity contribution in [2.45, 2.75) is 19.1 Å². The van der Waals surface area contributed by atoms with Crippen molar-refractivity contribution in [2.24, 2.45) is 0 Å². The number of halogens is 3. The maximum Gasteiger partial charge on any atom is 0.416 e. The van der Waals surface area contributed by atoms with Crippen molar-refractivity contribution < 1.29 is 13.2 Å². The molecule has 1 atom stereocenters. The van der Waals surface area contributed by atoms with Crippen molar-refractivity contribution >= 4 is 17.0 Å². The van der Waals surface area contributed by atoms with Gasteiger partial charge in [-0.2, -0.15) is 18.2 Å². The summed E-state index contributed by atoms with van der Waals surface area (Å²) in [4.78, 5) is 13.5. The minimum Gasteiger partial charge on any atom is -0.348 e. The van der Waals surface area contributed by atoms with E-state index in [1.54, 1.807) is 18.6 Å². The predicted octanol–water partition coefficient (Wildman–Crippen LogP) is 6.67. The molecule has 5 aromatic rings. The summed E-state index contributed by atoms with van der Waals surface area (Å²) in [5, 5.41) is 3.32. The van der Waals surface area contributed by atoms with Gasteiger partial charge in [0.15, 0.2) is 0 Å². The number of hydrogen-bond acceptors (Lipinski definition) is 4. The van der Waals surface area contributed by atoms with E-state index in [9.17, 15) is 13.2 Å². The average Bonchev–Trinajstić information content (AvgIpc) is 3.28. The zero-order chi connectivity index (χ0) is 23.7. The molecule has 0 bridgehead atoms. The first-order chi connectivity index (χ1) is 16.4. The van der Waals surface area contributed by atoms with E-state index in [1.807, 2.05) is 60.0 Å². The highest BCUT2D eigenvalue weighted by atomic mass is 19.4. The van der Waals surface area contributed by atoms with Gasteiger partial charge < -0.3 is 5.32 Å². The van der Waals surface area contributed by atoms with Gasteiger partial charge in [-0.3, -0.25) is 4.57 Å². The van der Waals surface area contributed by atoms with Crippen LogP contribution in [0.5, 0.6) is 0 Å². The minimum absolute atomic E-state index is 0.0299. The number of benzene rings is 3. The number of hydrogen-bond donors (Lipinski definition) is 1. The lowest BCUT2D eigenvalue weighted by molar-refractivity contribution is -0.137. The second-order valence-corrected chi connectivity index (χ2v) is 7.91. The topological polar surface area (TPSA) is 55.6 Å². The molecule has 0 aliphatic rings. The third kappa shape index (κ3) is 4.34. The SMILES string of the molecule is C[C@H](Nc1nccc(-n2cnc3cc(-c4ccc(C(F)(F)F)cc4)ccc32)n1)c1ccccc1. The van der Waals surface area contributed by atoms with E-state index in [1.165, 1.54) is 12.1 Å². The molecule has 0 spiro atoms. The van der Waals surface area contributed by atoms with Crippen molar-refractivity contribution in [2.75, 3.05) is 5.32 Å². The molecule has 5 nitrogen and oxygen atoms in total. The first-order valence-corrected chi connectivity index (χ1v) is 10.7. The lowest BCUT2D eigenvalue weighted by atomic mass is 10.0. The Balaban J connectivity index is 1.41. The molecule has 2 heterocycles. The molecule has 0 unspecified atom stereocenters. The van der Waals surface area contributed by atoms with Gasteiger partial charge in [-0.1, -0.05) is 48.5 Å². The molecule has 3 aromatic carbocycles. The molecule has 1 N–H and O–H groups in total. The van der Waals surface area contributed by atoms with E-state index in [0.29, 0.717) is 22.8 Å². The lowest BCUT2D eigenvalue weighted by Crippen LogP contribution is -2.10. The standard InChI is InChI=1S/C26H20F3N5/c1-17(18-5-3-2-4-6-18)32-25-30-14-13-24(33-25)34-16-31-22-15-20(9-12-23(22)34)19-7-10-21(11-8-19)26(27,28)29/h2-17H,1H3,(H,30,32,33)/t17-/m0/s1. The van der Waals surface area contributed by atoms with Crippen LogP contribution in [0.3, 0.4) is 0 Å². The summed E-state index contributed by atoms with van der Waals surface area (Å²) in [5.74, 6) is 1.15. The van der Waals surface area contributed by atoms with Crippen LogP contribution in [0, 0.1) is 0 Å². The van der Waals surface area contributed by atoms with Gasteiger partial charge in [-0.05, 0) is 53.9 Å². The number of fused-ring (bicyclic) bond motifs is 1. The van der Waals surface area contributed by atoms with Crippen LogP contribution in [-0.2, 0) is 6.18 Å². The molecule has 170 valence electrons. The van der Waals surface area contributed by atoms with Crippen molar-refractivity contribution in [3.63, 3.8) is 0 Å². The van der Waals surface area contributed by atoms with Crippen molar-refractivity contribution in [1.82, 2.24) is 19.5 Å². The molecular weight excluding hydrogens is 439 g/mol. The maximum atomic E-state index is 12.9. The van der Waals surface area contributed by atoms with Crippen molar-refractivity contribution in [1.29, 1.82) is 0 Å². The number of imidazole rings is 1. The summed E-state index contributed by atoms with van der Waals surface area (Å²) in [7, 11) is 0. The van der Waals surface area contributed by atoms with Gasteiger partial charge in [0.2, 0.25) is 5.95 Å². The lowest BCUT2D eigenvalue weighted by Gasteiger charge is -2.14. The molecule has 8 heteroatoms. The quantitative estimate of drug-likeness (QED) is 0.319. The molecule has 34 heavy (non-hydrogen) atoms. The fourth-order valence-corrected chi connectivity index (χ4v) is 3.80. The van der Waals surface area contributed by atoms with E-state index < -0.39 is 11.7 Å². The summed E-state index contributed by atoms with van der Waals surface area (Å²) in [6.45, 7) is 2.04. The first-order valence-electron chi connectivity index (χ1n) is 10.7. The molecule has 0 aliphatic carbocycles. The van der Waals surface area contributed by atoms with Crippen LogP contribution in [0.15, 0.2) is 91.4 Å². The third-order valence-electron chi connectivity index (χ3n) is 5.63. The fourth-order valence-electron chi connectivity index (χ4n) is 3.80. The Labute approximate surface area is 194 Å². The fraction of sp³-hybridized carbons (Fsp3) is 0.115. The number of alkyl halides is 3. The molecule has 0 saturated heterocycles. The number of rotatable bonds is 5. The minimum atomic E-state index is -4.36. The van der Waals surface area contributed by atoms with Gasteiger partial charge in [0.05, 0.1) is 22.6 Å². The molecule has 0 fully saturated rings. The zero-order valence-electron chi connectivity index (χ0n) is 18.2. The normalized spacial score (nSPS) is 12.6. The Hall–Kier alpha value is -4.20. The van der Waals surface area contributed by atoms with Crippen molar-refractivity contribution in [3.05, 3.63) is 103 Å². The highest BCUT2D eigenvalue weighted by Crippen LogP contribution is 2.32. The van der Waals surface area contributed by atoms with Crippen LogP contribution in [0.25, 0.3) is 28.0 Å². The van der Waals surface area contributed by atoms with Crippen LogP contribution in [-0.4, -0.2) is 19.5 Å². The second kappa shape index (κ2) is 8.62. The number of aromatic nitrogens is 4. The van der Waals surface area contributed by atoms with E-state index in [0.717, 1.165) is 28.8 Å². The van der Waals surface area contributed by atoms with Gasteiger partial charge in [-0.25, -0.2) is 9.97 Å². The first kappa shape index (κ1) is 21.6. The summed E-state index contributed by atoms with van der Waals surface area (Å²) in [5.41, 5.74) is 3.47. The second-order valence-electron chi connectivity index (χ2n) is 7.91. The third-order valence-corrected chi connectivity index (χ3v) is 5.63. The smallest absolute Gasteiger partial charge is 0.348 e. The molecular formula is C26H20F3N5. The Morgan fingerprint density at radius 3 is 2.32 bits per heavy atom. The molecule has 0 amide bonds. The van der Waals surface area contributed by atoms with E-state index in [2.05, 4.69) is 20.3 Å². The molecule has 2 aromatic heterocycles. The van der Waals surface area contributed by atoms with E-state index >= 15 is 0 Å². The summed E-state index contributed by atoms with van der Waals surface area (Å²) in [6.07, 6.45) is -0.996. The summed E-state index contributed by atoms with van der Waals surface area (Å²) in [6, 6.07) is 22.6. The summed E-state index contributed by atoms with van der Waals surface area (Å²) < 4.78 is 40.4. The number of nitrogens with zero attached hydrogens (tertiary/aromatic N) is 4. The van der Waals surface area contributed by atoms with Crippen LogP contribution < -0.4 is 5.32 Å². The van der Waals surface area contributed by atoms with Crippen LogP contribution in [0.1, 0.15) is 24.1 Å². The maximum absolute atomic E-state index is 12.9. The van der Waals surface area contributed by atoms with Crippen LogP contribution >= 0.6 is 0 Å². The highest BCUT2D eigenvalue weighted by molar-refractivity contribution is 5.83. The zero-order valence-corrected chi connectivity index (χ0v) is 18.2. The Morgan fingerprint density at radius 1 is 0.853 bits per heavy atom. The molecule has 5 rings (SSSR count). The Bertz CT molecular complexity index is 1430. The molecule has 0 aliphatic heterocycles. The monoisotopic (exact) mass is 459 g/mol. The van der Waals surface area contributed by atoms with Gasteiger partial charge >= 0.3 is 6.18 Å². The Kier molecular flexibility index (Phi) is 5.49. The largest absolute Gasteiger partial charge is 0.416 e. The highest BCUT2D eigenvalue weighted by Gasteiger charge is 2.30. The van der Waals surface area contributed by atoms with E-state index in [-0.39, 0.29) is 6.04 Å². The predicted molar refractivity (Wildman–Crippen MR) is 126 cm³/mol. The summed E-state index contributed by atoms with van der Waals surface area (Å²) >= 11 is 0. The molecule has 0 saturated carbocycles. The van der Waals surface area contributed by atoms with Gasteiger partial charge in [0.25, 0.3) is 0 Å². The number of anilines is 1. The van der Waals surface area contributed by atoms with Gasteiger partial charge in [-0.15, -0.1) is 0 Å².